The first-order valence-electron chi connectivity index (χ1n) is 5.97. The first-order valence-corrected chi connectivity index (χ1v) is 5.97. The van der Waals surface area contributed by atoms with Crippen LogP contribution in [-0.4, -0.2) is 19.5 Å². The monoisotopic (exact) mass is 222 g/mol. The quantitative estimate of drug-likeness (QED) is 0.688. The van der Waals surface area contributed by atoms with Gasteiger partial charge in [-0.2, -0.15) is 0 Å². The van der Waals surface area contributed by atoms with E-state index >= 15 is 0 Å². The van der Waals surface area contributed by atoms with Gasteiger partial charge < -0.3 is 9.47 Å². The molecule has 0 saturated carbocycles. The van der Waals surface area contributed by atoms with Crippen LogP contribution >= 0.6 is 0 Å². The molecule has 1 aromatic rings. The Morgan fingerprint density at radius 1 is 1.00 bits per heavy atom. The van der Waals surface area contributed by atoms with Crippen molar-refractivity contribution in [1.29, 1.82) is 0 Å². The standard InChI is InChI=1S/C14H22O2/c1-5-15-14(16-6-2)10-13-11(3)8-7-9-12(13)4/h7-9,14H,5-6,10H2,1-4H3. The maximum Gasteiger partial charge on any atom is 0.161 e. The van der Waals surface area contributed by atoms with Gasteiger partial charge >= 0.3 is 0 Å². The molecule has 0 heterocycles. The molecule has 2 heteroatoms. The lowest BCUT2D eigenvalue weighted by molar-refractivity contribution is -0.134. The van der Waals surface area contributed by atoms with Gasteiger partial charge in [0.1, 0.15) is 0 Å². The molecule has 90 valence electrons. The highest BCUT2D eigenvalue weighted by Crippen LogP contribution is 2.17. The van der Waals surface area contributed by atoms with Crippen LogP contribution in [0.1, 0.15) is 30.5 Å². The van der Waals surface area contributed by atoms with Crippen molar-refractivity contribution in [3.63, 3.8) is 0 Å². The van der Waals surface area contributed by atoms with Gasteiger partial charge in [0.2, 0.25) is 0 Å². The van der Waals surface area contributed by atoms with Crippen LogP contribution < -0.4 is 0 Å². The zero-order valence-corrected chi connectivity index (χ0v) is 10.7. The molecule has 0 fully saturated rings. The van der Waals surface area contributed by atoms with Crippen LogP contribution in [0.15, 0.2) is 18.2 Å². The van der Waals surface area contributed by atoms with Gasteiger partial charge in [-0.15, -0.1) is 0 Å². The predicted molar refractivity (Wildman–Crippen MR) is 66.7 cm³/mol. The van der Waals surface area contributed by atoms with Gasteiger partial charge in [0.05, 0.1) is 0 Å². The fourth-order valence-electron chi connectivity index (χ4n) is 1.88. The smallest absolute Gasteiger partial charge is 0.161 e. The Hall–Kier alpha value is -0.860. The summed E-state index contributed by atoms with van der Waals surface area (Å²) in [5, 5.41) is 0. The Kier molecular flexibility index (Phi) is 5.50. The van der Waals surface area contributed by atoms with Crippen molar-refractivity contribution in [3.8, 4) is 0 Å². The van der Waals surface area contributed by atoms with E-state index in [1.54, 1.807) is 0 Å². The lowest BCUT2D eigenvalue weighted by atomic mass is 10.00. The van der Waals surface area contributed by atoms with Crippen LogP contribution in [0, 0.1) is 13.8 Å². The number of ether oxygens (including phenoxy) is 2. The van der Waals surface area contributed by atoms with Crippen LogP contribution in [0.4, 0.5) is 0 Å². The normalized spacial score (nSPS) is 11.1. The molecule has 0 radical (unpaired) electrons. The van der Waals surface area contributed by atoms with Crippen molar-refractivity contribution < 1.29 is 9.47 Å². The molecule has 16 heavy (non-hydrogen) atoms. The Morgan fingerprint density at radius 3 is 1.94 bits per heavy atom. The van der Waals surface area contributed by atoms with E-state index < -0.39 is 0 Å². The zero-order valence-electron chi connectivity index (χ0n) is 10.7. The highest BCUT2D eigenvalue weighted by Gasteiger charge is 2.12. The summed E-state index contributed by atoms with van der Waals surface area (Å²) in [7, 11) is 0. The minimum Gasteiger partial charge on any atom is -0.353 e. The van der Waals surface area contributed by atoms with E-state index in [1.165, 1.54) is 16.7 Å². The second kappa shape index (κ2) is 6.66. The van der Waals surface area contributed by atoms with Gasteiger partial charge in [0.15, 0.2) is 6.29 Å². The zero-order chi connectivity index (χ0) is 12.0. The summed E-state index contributed by atoms with van der Waals surface area (Å²) in [5.41, 5.74) is 3.96. The van der Waals surface area contributed by atoms with Crippen LogP contribution in [0.3, 0.4) is 0 Å². The molecule has 0 aromatic heterocycles. The maximum atomic E-state index is 5.57. The largest absolute Gasteiger partial charge is 0.353 e. The van der Waals surface area contributed by atoms with E-state index in [2.05, 4.69) is 32.0 Å². The topological polar surface area (TPSA) is 18.5 Å². The number of benzene rings is 1. The van der Waals surface area contributed by atoms with E-state index in [-0.39, 0.29) is 6.29 Å². The molecule has 0 atom stereocenters. The van der Waals surface area contributed by atoms with Crippen molar-refractivity contribution >= 4 is 0 Å². The summed E-state index contributed by atoms with van der Waals surface area (Å²) in [6.07, 6.45) is 0.718. The second-order valence-electron chi connectivity index (χ2n) is 3.91. The average Bonchev–Trinajstić information content (AvgIpc) is 2.24. The van der Waals surface area contributed by atoms with Gasteiger partial charge in [-0.1, -0.05) is 18.2 Å². The number of hydrogen-bond donors (Lipinski definition) is 0. The molecule has 0 aliphatic carbocycles. The first-order chi connectivity index (χ1) is 7.69. The third kappa shape index (κ3) is 3.62. The summed E-state index contributed by atoms with van der Waals surface area (Å²) >= 11 is 0. The SMILES string of the molecule is CCOC(Cc1c(C)cccc1C)OCC. The van der Waals surface area contributed by atoms with Crippen LogP contribution in [-0.2, 0) is 15.9 Å². The third-order valence-corrected chi connectivity index (χ3v) is 2.72. The van der Waals surface area contributed by atoms with E-state index in [0.717, 1.165) is 6.42 Å². The summed E-state index contributed by atoms with van der Waals surface area (Å²) in [5.74, 6) is 0. The van der Waals surface area contributed by atoms with Crippen LogP contribution in [0.2, 0.25) is 0 Å². The minimum absolute atomic E-state index is 0.116. The molecule has 0 amide bonds. The van der Waals surface area contributed by atoms with E-state index in [4.69, 9.17) is 9.47 Å². The lowest BCUT2D eigenvalue weighted by Crippen LogP contribution is -2.21. The van der Waals surface area contributed by atoms with Crippen molar-refractivity contribution in [1.82, 2.24) is 0 Å². The van der Waals surface area contributed by atoms with Crippen LogP contribution in [0.5, 0.6) is 0 Å². The summed E-state index contributed by atoms with van der Waals surface area (Å²) in [4.78, 5) is 0. The van der Waals surface area contributed by atoms with Crippen molar-refractivity contribution in [2.24, 2.45) is 0 Å². The lowest BCUT2D eigenvalue weighted by Gasteiger charge is -2.19. The fraction of sp³-hybridized carbons (Fsp3) is 0.571. The molecule has 2 nitrogen and oxygen atoms in total. The third-order valence-electron chi connectivity index (χ3n) is 2.72. The highest BCUT2D eigenvalue weighted by molar-refractivity contribution is 5.33. The van der Waals surface area contributed by atoms with E-state index in [0.29, 0.717) is 13.2 Å². The second-order valence-corrected chi connectivity index (χ2v) is 3.91. The molecule has 0 N–H and O–H groups in total. The molecule has 1 aromatic carbocycles. The molecule has 0 saturated heterocycles. The molecule has 0 aliphatic rings. The van der Waals surface area contributed by atoms with E-state index in [1.807, 2.05) is 13.8 Å². The Balaban J connectivity index is 2.76. The molecule has 0 bridgehead atoms. The Morgan fingerprint density at radius 2 is 1.50 bits per heavy atom. The van der Waals surface area contributed by atoms with E-state index in [9.17, 15) is 0 Å². The average molecular weight is 222 g/mol. The molecular formula is C14H22O2. The molecule has 1 rings (SSSR count). The van der Waals surface area contributed by atoms with Gasteiger partial charge in [-0.3, -0.25) is 0 Å². The minimum atomic E-state index is -0.116. The number of rotatable bonds is 6. The summed E-state index contributed by atoms with van der Waals surface area (Å²) in [6.45, 7) is 9.65. The molecule has 0 unspecified atom stereocenters. The predicted octanol–water partition coefficient (Wildman–Crippen LogP) is 3.25. The van der Waals surface area contributed by atoms with Gasteiger partial charge in [0, 0.05) is 19.6 Å². The Labute approximate surface area is 98.6 Å². The fourth-order valence-corrected chi connectivity index (χ4v) is 1.88. The molecule has 0 spiro atoms. The van der Waals surface area contributed by atoms with Crippen molar-refractivity contribution in [2.75, 3.05) is 13.2 Å². The van der Waals surface area contributed by atoms with Gasteiger partial charge in [0.25, 0.3) is 0 Å². The first kappa shape index (κ1) is 13.2. The summed E-state index contributed by atoms with van der Waals surface area (Å²) in [6, 6.07) is 6.36. The Bertz CT molecular complexity index is 294. The van der Waals surface area contributed by atoms with Gasteiger partial charge in [-0.05, 0) is 44.4 Å². The number of hydrogen-bond acceptors (Lipinski definition) is 2. The molecule has 0 aliphatic heterocycles. The van der Waals surface area contributed by atoms with Crippen molar-refractivity contribution in [2.45, 2.75) is 40.4 Å². The highest BCUT2D eigenvalue weighted by atomic mass is 16.7. The maximum absolute atomic E-state index is 5.57. The van der Waals surface area contributed by atoms with Crippen LogP contribution in [0.25, 0.3) is 0 Å². The number of aryl methyl sites for hydroxylation is 2. The summed E-state index contributed by atoms with van der Waals surface area (Å²) < 4.78 is 11.1. The van der Waals surface area contributed by atoms with Gasteiger partial charge in [-0.25, -0.2) is 0 Å². The van der Waals surface area contributed by atoms with Crippen molar-refractivity contribution in [3.05, 3.63) is 34.9 Å². The molecular weight excluding hydrogens is 200 g/mol.